The fraction of sp³-hybridized carbons (Fsp3) is 0.143. The van der Waals surface area contributed by atoms with Gasteiger partial charge in [0.2, 0.25) is 0 Å². The summed E-state index contributed by atoms with van der Waals surface area (Å²) in [4.78, 5) is 0. The molecule has 0 N–H and O–H groups in total. The van der Waals surface area contributed by atoms with Crippen molar-refractivity contribution in [1.82, 2.24) is 0 Å². The Hall–Kier alpha value is -1.82. The van der Waals surface area contributed by atoms with Crippen LogP contribution in [0.3, 0.4) is 0 Å². The lowest BCUT2D eigenvalue weighted by molar-refractivity contribution is -0.0498. The Kier molecular flexibility index (Phi) is 4.67. The minimum absolute atomic E-state index is 0.113. The molecule has 0 fully saturated rings. The number of halogens is 6. The van der Waals surface area contributed by atoms with Gasteiger partial charge in [-0.15, -0.1) is 11.6 Å². The van der Waals surface area contributed by atoms with E-state index >= 15 is 0 Å². The van der Waals surface area contributed by atoms with Crippen molar-refractivity contribution in [3.63, 3.8) is 0 Å². The summed E-state index contributed by atoms with van der Waals surface area (Å²) < 4.78 is 68.2. The Bertz CT molecular complexity index is 607. The Morgan fingerprint density at radius 1 is 0.905 bits per heavy atom. The third-order valence-corrected chi connectivity index (χ3v) is 3.17. The Morgan fingerprint density at radius 2 is 1.43 bits per heavy atom. The zero-order valence-electron chi connectivity index (χ0n) is 10.3. The monoisotopic (exact) mass is 322 g/mol. The van der Waals surface area contributed by atoms with Gasteiger partial charge in [0.1, 0.15) is 23.2 Å². The first-order chi connectivity index (χ1) is 9.88. The first kappa shape index (κ1) is 15.6. The molecule has 2 aromatic carbocycles. The topological polar surface area (TPSA) is 9.23 Å². The Balaban J connectivity index is 2.30. The highest BCUT2D eigenvalue weighted by Crippen LogP contribution is 2.33. The predicted octanol–water partition coefficient (Wildman–Crippen LogP) is 5.03. The van der Waals surface area contributed by atoms with Gasteiger partial charge >= 0.3 is 6.61 Å². The van der Waals surface area contributed by atoms with Crippen molar-refractivity contribution in [2.75, 3.05) is 0 Å². The van der Waals surface area contributed by atoms with Crippen LogP contribution in [0.15, 0.2) is 36.4 Å². The van der Waals surface area contributed by atoms with E-state index in [1.807, 2.05) is 0 Å². The van der Waals surface area contributed by atoms with E-state index in [-0.39, 0.29) is 11.3 Å². The largest absolute Gasteiger partial charge is 0.435 e. The zero-order valence-corrected chi connectivity index (χ0v) is 11.1. The van der Waals surface area contributed by atoms with Crippen molar-refractivity contribution in [3.05, 3.63) is 65.0 Å². The van der Waals surface area contributed by atoms with Gasteiger partial charge in [-0.1, -0.05) is 12.1 Å². The molecule has 112 valence electrons. The Morgan fingerprint density at radius 3 is 1.90 bits per heavy atom. The van der Waals surface area contributed by atoms with Crippen LogP contribution in [0.4, 0.5) is 22.0 Å². The van der Waals surface area contributed by atoms with Crippen molar-refractivity contribution in [1.29, 1.82) is 0 Å². The molecule has 0 saturated carbocycles. The molecule has 0 aliphatic heterocycles. The maximum Gasteiger partial charge on any atom is 0.387 e. The average Bonchev–Trinajstić information content (AvgIpc) is 2.37. The summed E-state index contributed by atoms with van der Waals surface area (Å²) in [5, 5.41) is -1.23. The van der Waals surface area contributed by atoms with E-state index in [1.54, 1.807) is 0 Å². The quantitative estimate of drug-likeness (QED) is 0.566. The second kappa shape index (κ2) is 6.30. The lowest BCUT2D eigenvalue weighted by Crippen LogP contribution is -2.04. The smallest absolute Gasteiger partial charge is 0.387 e. The third-order valence-electron chi connectivity index (χ3n) is 2.70. The molecule has 0 aromatic heterocycles. The number of ether oxygens (including phenoxy) is 1. The van der Waals surface area contributed by atoms with Gasteiger partial charge in [-0.25, -0.2) is 13.2 Å². The van der Waals surface area contributed by atoms with E-state index in [2.05, 4.69) is 4.74 Å². The second-order valence-electron chi connectivity index (χ2n) is 4.09. The van der Waals surface area contributed by atoms with Gasteiger partial charge in [0.15, 0.2) is 0 Å². The predicted molar refractivity (Wildman–Crippen MR) is 67.1 cm³/mol. The fourth-order valence-corrected chi connectivity index (χ4v) is 2.13. The standard InChI is InChI=1S/C14H8ClF5O/c15-13(12-10(17)5-8(16)6-11(12)18)7-1-3-9(4-2-7)21-14(19)20/h1-6,13-14H. The van der Waals surface area contributed by atoms with Crippen LogP contribution in [0.2, 0.25) is 0 Å². The van der Waals surface area contributed by atoms with Gasteiger partial charge in [-0.05, 0) is 17.7 Å². The maximum absolute atomic E-state index is 13.6. The van der Waals surface area contributed by atoms with Crippen LogP contribution in [0.25, 0.3) is 0 Å². The van der Waals surface area contributed by atoms with Crippen LogP contribution >= 0.6 is 11.6 Å². The molecule has 0 aliphatic rings. The van der Waals surface area contributed by atoms with Crippen LogP contribution in [0.1, 0.15) is 16.5 Å². The first-order valence-electron chi connectivity index (χ1n) is 5.71. The average molecular weight is 323 g/mol. The molecule has 0 aliphatic carbocycles. The van der Waals surface area contributed by atoms with E-state index in [1.165, 1.54) is 24.3 Å². The zero-order chi connectivity index (χ0) is 15.6. The molecule has 1 nitrogen and oxygen atoms in total. The van der Waals surface area contributed by atoms with Gasteiger partial charge in [-0.3, -0.25) is 0 Å². The van der Waals surface area contributed by atoms with Crippen molar-refractivity contribution < 1.29 is 26.7 Å². The number of alkyl halides is 3. The lowest BCUT2D eigenvalue weighted by atomic mass is 10.0. The summed E-state index contributed by atoms with van der Waals surface area (Å²) >= 11 is 5.96. The molecule has 1 unspecified atom stereocenters. The molecule has 0 amide bonds. The molecular formula is C14H8ClF5O. The molecule has 2 aromatic rings. The van der Waals surface area contributed by atoms with Crippen molar-refractivity contribution in [3.8, 4) is 5.75 Å². The van der Waals surface area contributed by atoms with E-state index in [4.69, 9.17) is 11.6 Å². The molecule has 2 rings (SSSR count). The van der Waals surface area contributed by atoms with Crippen LogP contribution in [0.5, 0.6) is 5.75 Å². The SMILES string of the molecule is Fc1cc(F)c(C(Cl)c2ccc(OC(F)F)cc2)c(F)c1. The minimum Gasteiger partial charge on any atom is -0.435 e. The van der Waals surface area contributed by atoms with E-state index in [0.29, 0.717) is 12.1 Å². The van der Waals surface area contributed by atoms with E-state index in [9.17, 15) is 22.0 Å². The molecule has 0 heterocycles. The Labute approximate surface area is 121 Å². The van der Waals surface area contributed by atoms with Gasteiger partial charge in [0.05, 0.1) is 5.38 Å². The first-order valence-corrected chi connectivity index (χ1v) is 6.15. The van der Waals surface area contributed by atoms with Gasteiger partial charge in [0.25, 0.3) is 0 Å². The maximum atomic E-state index is 13.6. The molecule has 1 atom stereocenters. The number of benzene rings is 2. The summed E-state index contributed by atoms with van der Waals surface area (Å²) in [6.07, 6.45) is 0. The molecule has 7 heteroatoms. The molecule has 0 bridgehead atoms. The van der Waals surface area contributed by atoms with Crippen molar-refractivity contribution >= 4 is 11.6 Å². The molecule has 0 radical (unpaired) electrons. The second-order valence-corrected chi connectivity index (χ2v) is 4.53. The molecular weight excluding hydrogens is 315 g/mol. The summed E-state index contributed by atoms with van der Waals surface area (Å²) in [6.45, 7) is -2.98. The fourth-order valence-electron chi connectivity index (χ4n) is 1.78. The highest BCUT2D eigenvalue weighted by atomic mass is 35.5. The summed E-state index contributed by atoms with van der Waals surface area (Å²) in [5.74, 6) is -3.42. The third kappa shape index (κ3) is 3.64. The molecule has 21 heavy (non-hydrogen) atoms. The normalized spacial score (nSPS) is 12.5. The minimum atomic E-state index is -2.98. The van der Waals surface area contributed by atoms with Crippen LogP contribution in [-0.4, -0.2) is 6.61 Å². The molecule has 0 saturated heterocycles. The van der Waals surface area contributed by atoms with Gasteiger partial charge in [-0.2, -0.15) is 8.78 Å². The van der Waals surface area contributed by atoms with E-state index < -0.39 is 35.0 Å². The highest BCUT2D eigenvalue weighted by molar-refractivity contribution is 6.22. The number of hydrogen-bond acceptors (Lipinski definition) is 1. The number of rotatable bonds is 4. The summed E-state index contributed by atoms with van der Waals surface area (Å²) in [7, 11) is 0. The van der Waals surface area contributed by atoms with Crippen LogP contribution < -0.4 is 4.74 Å². The summed E-state index contributed by atoms with van der Waals surface area (Å²) in [6, 6.07) is 5.99. The van der Waals surface area contributed by atoms with Crippen LogP contribution in [-0.2, 0) is 0 Å². The number of hydrogen-bond donors (Lipinski definition) is 0. The van der Waals surface area contributed by atoms with Crippen molar-refractivity contribution in [2.45, 2.75) is 12.0 Å². The van der Waals surface area contributed by atoms with Gasteiger partial charge < -0.3 is 4.74 Å². The molecule has 0 spiro atoms. The van der Waals surface area contributed by atoms with Crippen LogP contribution in [0, 0.1) is 17.5 Å². The van der Waals surface area contributed by atoms with Crippen molar-refractivity contribution in [2.24, 2.45) is 0 Å². The van der Waals surface area contributed by atoms with Gasteiger partial charge in [0, 0.05) is 17.7 Å². The summed E-state index contributed by atoms with van der Waals surface area (Å²) in [5.41, 5.74) is -0.261. The highest BCUT2D eigenvalue weighted by Gasteiger charge is 2.21. The van der Waals surface area contributed by atoms with E-state index in [0.717, 1.165) is 0 Å². The lowest BCUT2D eigenvalue weighted by Gasteiger charge is -2.13.